The molecule has 0 saturated carbocycles. The first-order valence-corrected chi connectivity index (χ1v) is 12.4. The molecule has 6 nitrogen and oxygen atoms in total. The Kier molecular flexibility index (Phi) is 8.47. The maximum atomic E-state index is 14.8. The number of nitrogens with zero attached hydrogens (tertiary/aromatic N) is 4. The molecule has 1 aliphatic rings. The van der Waals surface area contributed by atoms with Crippen molar-refractivity contribution < 1.29 is 13.6 Å². The molecule has 0 bridgehead atoms. The van der Waals surface area contributed by atoms with E-state index in [1.807, 2.05) is 25.1 Å². The first-order valence-electron chi connectivity index (χ1n) is 12.0. The van der Waals surface area contributed by atoms with Gasteiger partial charge in [-0.05, 0) is 50.5 Å². The number of carbonyl (C=O) groups is 1. The zero-order chi connectivity index (χ0) is 26.8. The maximum Gasteiger partial charge on any atom is 0.227 e. The van der Waals surface area contributed by atoms with E-state index in [0.29, 0.717) is 57.6 Å². The molecule has 0 fully saturated rings. The van der Waals surface area contributed by atoms with E-state index in [9.17, 15) is 13.6 Å². The molecule has 39 heavy (non-hydrogen) atoms. The number of rotatable bonds is 7. The summed E-state index contributed by atoms with van der Waals surface area (Å²) in [7, 11) is 3.85. The second-order valence-electron chi connectivity index (χ2n) is 9.20. The van der Waals surface area contributed by atoms with Crippen LogP contribution in [0.2, 0.25) is 5.02 Å². The number of fused-ring (bicyclic) bond motifs is 3. The summed E-state index contributed by atoms with van der Waals surface area (Å²) < 4.78 is 29.5. The minimum atomic E-state index is -0.714. The summed E-state index contributed by atoms with van der Waals surface area (Å²) >= 11 is 6.29. The molecule has 1 N–H and O–H groups in total. The van der Waals surface area contributed by atoms with E-state index in [4.69, 9.17) is 16.6 Å². The number of nitrogens with one attached hydrogen (secondary N) is 1. The molecule has 0 atom stereocenters. The van der Waals surface area contributed by atoms with Gasteiger partial charge in [0.2, 0.25) is 5.95 Å². The molecule has 0 radical (unpaired) electrons. The highest BCUT2D eigenvalue weighted by Crippen LogP contribution is 2.34. The van der Waals surface area contributed by atoms with Crippen LogP contribution in [0.25, 0.3) is 11.3 Å². The van der Waals surface area contributed by atoms with Crippen molar-refractivity contribution in [3.8, 4) is 11.3 Å². The number of aromatic nitrogens is 2. The van der Waals surface area contributed by atoms with Gasteiger partial charge >= 0.3 is 0 Å². The zero-order valence-electron chi connectivity index (χ0n) is 20.8. The Morgan fingerprint density at radius 3 is 2.51 bits per heavy atom. The molecule has 0 saturated heterocycles. The number of halogens is 3. The fourth-order valence-corrected chi connectivity index (χ4v) is 4.46. The van der Waals surface area contributed by atoms with Gasteiger partial charge in [0.05, 0.1) is 23.5 Å². The number of aliphatic imine (C=N–C) groups is 1. The standard InChI is InChI=1S/C29H24ClF2N5O.CH4/c1-37(2)12-11-25(38)17-5-3-6-20(13-17)35-29-34-16-18-15-33-28(26-23(31)7-4-8-24(26)32)22-14-19(30)9-10-21(22)27(18)36-29;/h3-10,13-14,16H,11-12,15H2,1-2H3,(H,34,35,36);1H4. The summed E-state index contributed by atoms with van der Waals surface area (Å²) in [5.74, 6) is -1.08. The highest BCUT2D eigenvalue weighted by atomic mass is 35.5. The predicted molar refractivity (Wildman–Crippen MR) is 152 cm³/mol. The van der Waals surface area contributed by atoms with Crippen LogP contribution in [0.4, 0.5) is 20.4 Å². The van der Waals surface area contributed by atoms with Gasteiger partial charge in [0.25, 0.3) is 0 Å². The Bertz CT molecular complexity index is 1550. The Hall–Kier alpha value is -4.01. The lowest BCUT2D eigenvalue weighted by molar-refractivity contribution is 0.0972. The Balaban J connectivity index is 0.00000353. The lowest BCUT2D eigenvalue weighted by Gasteiger charge is -2.13. The number of anilines is 2. The molecule has 200 valence electrons. The average Bonchev–Trinajstić information content (AvgIpc) is 3.04. The van der Waals surface area contributed by atoms with Gasteiger partial charge in [-0.15, -0.1) is 0 Å². The lowest BCUT2D eigenvalue weighted by atomic mass is 9.95. The number of Topliss-reactive ketones (excluding diaryl/α,β-unsaturated/α-hetero) is 1. The first-order chi connectivity index (χ1) is 18.3. The molecular weight excluding hydrogens is 520 g/mol. The van der Waals surface area contributed by atoms with Crippen LogP contribution < -0.4 is 5.32 Å². The molecule has 5 rings (SSSR count). The van der Waals surface area contributed by atoms with Gasteiger partial charge in [0.1, 0.15) is 11.6 Å². The quantitative estimate of drug-likeness (QED) is 0.254. The number of benzene rings is 3. The van der Waals surface area contributed by atoms with Crippen molar-refractivity contribution in [2.45, 2.75) is 20.4 Å². The van der Waals surface area contributed by atoms with E-state index in [0.717, 1.165) is 0 Å². The topological polar surface area (TPSA) is 70.5 Å². The molecule has 1 aromatic heterocycles. The predicted octanol–water partition coefficient (Wildman–Crippen LogP) is 6.94. The maximum absolute atomic E-state index is 14.8. The minimum Gasteiger partial charge on any atom is -0.324 e. The molecule has 0 aliphatic carbocycles. The molecule has 2 heterocycles. The Labute approximate surface area is 231 Å². The molecule has 1 aliphatic heterocycles. The average molecular weight is 548 g/mol. The third kappa shape index (κ3) is 6.02. The van der Waals surface area contributed by atoms with E-state index in [2.05, 4.69) is 15.3 Å². The minimum absolute atomic E-state index is 0. The second kappa shape index (κ2) is 11.8. The van der Waals surface area contributed by atoms with Gasteiger partial charge in [-0.1, -0.05) is 43.3 Å². The summed E-state index contributed by atoms with van der Waals surface area (Å²) in [6.07, 6.45) is 2.05. The largest absolute Gasteiger partial charge is 0.324 e. The van der Waals surface area contributed by atoms with Gasteiger partial charge in [-0.25, -0.2) is 18.7 Å². The molecular formula is C30H28ClF2N5O. The number of ketones is 1. The Morgan fingerprint density at radius 2 is 1.77 bits per heavy atom. The van der Waals surface area contributed by atoms with Crippen LogP contribution in [0, 0.1) is 11.6 Å². The molecule has 9 heteroatoms. The van der Waals surface area contributed by atoms with Crippen LogP contribution in [0.3, 0.4) is 0 Å². The fourth-order valence-electron chi connectivity index (χ4n) is 4.29. The van der Waals surface area contributed by atoms with E-state index in [1.54, 1.807) is 42.6 Å². The van der Waals surface area contributed by atoms with Crippen LogP contribution in [0.1, 0.15) is 40.9 Å². The zero-order valence-corrected chi connectivity index (χ0v) is 21.6. The van der Waals surface area contributed by atoms with Crippen LogP contribution in [0.15, 0.2) is 71.9 Å². The van der Waals surface area contributed by atoms with Gasteiger partial charge < -0.3 is 10.2 Å². The van der Waals surface area contributed by atoms with Crippen molar-refractivity contribution in [3.63, 3.8) is 0 Å². The summed E-state index contributed by atoms with van der Waals surface area (Å²) in [5.41, 5.74) is 3.56. The van der Waals surface area contributed by atoms with E-state index in [1.165, 1.54) is 18.2 Å². The third-order valence-corrected chi connectivity index (χ3v) is 6.43. The van der Waals surface area contributed by atoms with Crippen molar-refractivity contribution in [1.29, 1.82) is 0 Å². The Morgan fingerprint density at radius 1 is 1.03 bits per heavy atom. The van der Waals surface area contributed by atoms with Gasteiger partial charge in [-0.3, -0.25) is 9.79 Å². The SMILES string of the molecule is C.CN(C)CCC(=O)c1cccc(Nc2ncc3c(n2)-c2ccc(Cl)cc2C(c2c(F)cccc2F)=NC3)c1. The van der Waals surface area contributed by atoms with Crippen LogP contribution >= 0.6 is 11.6 Å². The van der Waals surface area contributed by atoms with Crippen molar-refractivity contribution in [3.05, 3.63) is 106 Å². The molecule has 0 amide bonds. The van der Waals surface area contributed by atoms with Crippen LogP contribution in [0.5, 0.6) is 0 Å². The molecule has 4 aromatic rings. The van der Waals surface area contributed by atoms with Crippen molar-refractivity contribution >= 4 is 34.7 Å². The van der Waals surface area contributed by atoms with E-state index >= 15 is 0 Å². The smallest absolute Gasteiger partial charge is 0.227 e. The highest BCUT2D eigenvalue weighted by molar-refractivity contribution is 6.31. The van der Waals surface area contributed by atoms with E-state index < -0.39 is 11.6 Å². The summed E-state index contributed by atoms with van der Waals surface area (Å²) in [6.45, 7) is 0.787. The monoisotopic (exact) mass is 547 g/mol. The van der Waals surface area contributed by atoms with Crippen molar-refractivity contribution in [2.24, 2.45) is 4.99 Å². The van der Waals surface area contributed by atoms with Gasteiger partial charge in [0, 0.05) is 52.1 Å². The normalized spacial score (nSPS) is 12.1. The second-order valence-corrected chi connectivity index (χ2v) is 9.64. The highest BCUT2D eigenvalue weighted by Gasteiger charge is 2.25. The fraction of sp³-hybridized carbons (Fsp3) is 0.200. The van der Waals surface area contributed by atoms with Crippen molar-refractivity contribution in [2.75, 3.05) is 26.0 Å². The first kappa shape index (κ1) is 28.0. The van der Waals surface area contributed by atoms with Crippen LogP contribution in [-0.4, -0.2) is 47.0 Å². The van der Waals surface area contributed by atoms with Gasteiger partial charge in [0.15, 0.2) is 5.78 Å². The third-order valence-electron chi connectivity index (χ3n) is 6.19. The summed E-state index contributed by atoms with van der Waals surface area (Å²) in [5, 5.41) is 3.57. The summed E-state index contributed by atoms with van der Waals surface area (Å²) in [4.78, 5) is 28.3. The lowest BCUT2D eigenvalue weighted by Crippen LogP contribution is -2.16. The van der Waals surface area contributed by atoms with Crippen LogP contribution in [-0.2, 0) is 6.54 Å². The molecule has 0 spiro atoms. The molecule has 3 aromatic carbocycles. The van der Waals surface area contributed by atoms with Gasteiger partial charge in [-0.2, -0.15) is 0 Å². The van der Waals surface area contributed by atoms with Crippen molar-refractivity contribution in [1.82, 2.24) is 14.9 Å². The van der Waals surface area contributed by atoms with E-state index in [-0.39, 0.29) is 31.0 Å². The summed E-state index contributed by atoms with van der Waals surface area (Å²) in [6, 6.07) is 16.0. The number of hydrogen-bond donors (Lipinski definition) is 1. The number of hydrogen-bond acceptors (Lipinski definition) is 6. The molecule has 0 unspecified atom stereocenters. The number of carbonyl (C=O) groups excluding carboxylic acids is 1.